The van der Waals surface area contributed by atoms with Gasteiger partial charge in [-0.15, -0.1) is 47.0 Å². The fourth-order valence-corrected chi connectivity index (χ4v) is 8.83. The molecule has 100 valence electrons. The van der Waals surface area contributed by atoms with Gasteiger partial charge in [-0.2, -0.15) is 0 Å². The number of unbranched alkanes of at least 4 members (excludes halogenated alkanes) is 1. The molecule has 0 aromatic heterocycles. The van der Waals surface area contributed by atoms with Gasteiger partial charge >= 0.3 is 0 Å². The molecule has 0 N–H and O–H groups in total. The molecule has 0 aliphatic carbocycles. The predicted molar refractivity (Wildman–Crippen MR) is 89.7 cm³/mol. The zero-order valence-electron chi connectivity index (χ0n) is 10.9. The van der Waals surface area contributed by atoms with Crippen LogP contribution >= 0.6 is 47.0 Å². The molecule has 0 nitrogen and oxygen atoms in total. The van der Waals surface area contributed by atoms with Crippen molar-refractivity contribution in [3.8, 4) is 0 Å². The van der Waals surface area contributed by atoms with E-state index in [0.717, 1.165) is 10.5 Å². The number of hydrogen-bond donors (Lipinski definition) is 0. The zero-order valence-corrected chi connectivity index (χ0v) is 14.2. The average molecular weight is 309 g/mol. The van der Waals surface area contributed by atoms with Gasteiger partial charge in [0, 0.05) is 23.0 Å². The first-order valence-electron chi connectivity index (χ1n) is 6.74. The summed E-state index contributed by atoms with van der Waals surface area (Å²) >= 11 is 8.87. The first-order chi connectivity index (χ1) is 8.23. The minimum atomic E-state index is 0.530. The molecule has 0 aromatic carbocycles. The number of hydrogen-bond acceptors (Lipinski definition) is 4. The lowest BCUT2D eigenvalue weighted by molar-refractivity contribution is 0.456. The molecule has 0 saturated carbocycles. The van der Waals surface area contributed by atoms with E-state index in [1.54, 1.807) is 0 Å². The van der Waals surface area contributed by atoms with Gasteiger partial charge < -0.3 is 0 Å². The molecule has 0 spiro atoms. The highest BCUT2D eigenvalue weighted by molar-refractivity contribution is 8.21. The van der Waals surface area contributed by atoms with E-state index in [4.69, 9.17) is 0 Å². The van der Waals surface area contributed by atoms with E-state index < -0.39 is 0 Å². The van der Waals surface area contributed by atoms with Crippen LogP contribution in [0, 0.1) is 5.92 Å². The van der Waals surface area contributed by atoms with Crippen molar-refractivity contribution >= 4 is 47.0 Å². The highest BCUT2D eigenvalue weighted by Gasteiger charge is 2.36. The third-order valence-corrected chi connectivity index (χ3v) is 10.2. The molecule has 2 heterocycles. The fourth-order valence-electron chi connectivity index (χ4n) is 2.60. The Morgan fingerprint density at radius 2 is 1.76 bits per heavy atom. The Kier molecular flexibility index (Phi) is 6.32. The van der Waals surface area contributed by atoms with Gasteiger partial charge in [0.2, 0.25) is 0 Å². The average Bonchev–Trinajstić information content (AvgIpc) is 2.95. The number of rotatable bonds is 6. The van der Waals surface area contributed by atoms with E-state index in [-0.39, 0.29) is 0 Å². The van der Waals surface area contributed by atoms with Gasteiger partial charge in [0.25, 0.3) is 0 Å². The van der Waals surface area contributed by atoms with Crippen molar-refractivity contribution in [3.05, 3.63) is 0 Å². The Hall–Kier alpha value is 1.40. The summed E-state index contributed by atoms with van der Waals surface area (Å²) in [7, 11) is 0. The van der Waals surface area contributed by atoms with Crippen molar-refractivity contribution < 1.29 is 0 Å². The van der Waals surface area contributed by atoms with Gasteiger partial charge in [0.15, 0.2) is 0 Å². The van der Waals surface area contributed by atoms with Crippen LogP contribution in [0.3, 0.4) is 0 Å². The van der Waals surface area contributed by atoms with Crippen LogP contribution in [0.1, 0.15) is 39.5 Å². The third-order valence-electron chi connectivity index (χ3n) is 3.49. The molecule has 2 rings (SSSR count). The molecule has 17 heavy (non-hydrogen) atoms. The Bertz CT molecular complexity index is 219. The predicted octanol–water partition coefficient (Wildman–Crippen LogP) is 5.19. The van der Waals surface area contributed by atoms with E-state index in [0.29, 0.717) is 4.08 Å². The Morgan fingerprint density at radius 3 is 2.35 bits per heavy atom. The molecule has 0 radical (unpaired) electrons. The summed E-state index contributed by atoms with van der Waals surface area (Å²) in [6.45, 7) is 4.81. The standard InChI is InChI=1S/C13H24S4/c1-3-4-5-11(12-14-6-7-15-12)10-13(2)16-8-9-17-13/h11-12H,3-10H2,1-2H3/t11-/m0/s1. The summed E-state index contributed by atoms with van der Waals surface area (Å²) in [4.78, 5) is 0. The summed E-state index contributed by atoms with van der Waals surface area (Å²) in [6.07, 6.45) is 5.67. The molecule has 0 unspecified atom stereocenters. The molecule has 1 atom stereocenters. The molecule has 2 fully saturated rings. The van der Waals surface area contributed by atoms with Crippen LogP contribution in [0.2, 0.25) is 0 Å². The fraction of sp³-hybridized carbons (Fsp3) is 1.00. The van der Waals surface area contributed by atoms with Crippen molar-refractivity contribution in [2.45, 2.75) is 48.2 Å². The van der Waals surface area contributed by atoms with E-state index in [1.807, 2.05) is 0 Å². The SMILES string of the molecule is CCCC[C@@H](CC1(C)SCCS1)C1SCCS1. The van der Waals surface area contributed by atoms with E-state index in [2.05, 4.69) is 60.9 Å². The van der Waals surface area contributed by atoms with Gasteiger partial charge in [-0.05, 0) is 25.7 Å². The molecule has 2 saturated heterocycles. The van der Waals surface area contributed by atoms with Crippen molar-refractivity contribution in [1.29, 1.82) is 0 Å². The third kappa shape index (κ3) is 4.47. The maximum absolute atomic E-state index is 2.48. The van der Waals surface area contributed by atoms with Gasteiger partial charge in [0.05, 0.1) is 8.66 Å². The van der Waals surface area contributed by atoms with Crippen LogP contribution in [-0.2, 0) is 0 Å². The summed E-state index contributed by atoms with van der Waals surface area (Å²) in [5.74, 6) is 6.46. The molecule has 4 heteroatoms. The summed E-state index contributed by atoms with van der Waals surface area (Å²) < 4.78 is 1.43. The molecule has 0 amide bonds. The monoisotopic (exact) mass is 308 g/mol. The largest absolute Gasteiger partial charge is 0.146 e. The van der Waals surface area contributed by atoms with Crippen LogP contribution in [0.5, 0.6) is 0 Å². The quantitative estimate of drug-likeness (QED) is 0.662. The topological polar surface area (TPSA) is 0 Å². The Labute approximate surface area is 124 Å². The van der Waals surface area contributed by atoms with Crippen LogP contribution in [-0.4, -0.2) is 31.7 Å². The normalized spacial score (nSPS) is 26.5. The molecule has 2 aliphatic heterocycles. The maximum Gasteiger partial charge on any atom is 0.0587 e. The van der Waals surface area contributed by atoms with Crippen molar-refractivity contribution in [3.63, 3.8) is 0 Å². The van der Waals surface area contributed by atoms with Crippen LogP contribution in [0.4, 0.5) is 0 Å². The zero-order chi connectivity index (χ0) is 12.1. The van der Waals surface area contributed by atoms with E-state index in [9.17, 15) is 0 Å². The first kappa shape index (κ1) is 14.8. The minimum absolute atomic E-state index is 0.530. The van der Waals surface area contributed by atoms with Crippen LogP contribution in [0.25, 0.3) is 0 Å². The molecule has 2 aliphatic rings. The maximum atomic E-state index is 2.48. The second-order valence-electron chi connectivity index (χ2n) is 5.05. The lowest BCUT2D eigenvalue weighted by Gasteiger charge is -2.30. The highest BCUT2D eigenvalue weighted by atomic mass is 32.2. The van der Waals surface area contributed by atoms with E-state index in [1.165, 1.54) is 48.7 Å². The highest BCUT2D eigenvalue weighted by Crippen LogP contribution is 2.51. The first-order valence-corrected chi connectivity index (χ1v) is 10.8. The molecular formula is C13H24S4. The van der Waals surface area contributed by atoms with E-state index >= 15 is 0 Å². The number of thioether (sulfide) groups is 4. The second kappa shape index (κ2) is 7.25. The second-order valence-corrected chi connectivity index (χ2v) is 11.3. The van der Waals surface area contributed by atoms with Crippen LogP contribution < -0.4 is 0 Å². The Morgan fingerprint density at radius 1 is 1.12 bits per heavy atom. The smallest absolute Gasteiger partial charge is 0.0587 e. The van der Waals surface area contributed by atoms with Gasteiger partial charge in [0.1, 0.15) is 0 Å². The summed E-state index contributed by atoms with van der Waals surface area (Å²) in [5.41, 5.74) is 0. The molecule has 0 aromatic rings. The van der Waals surface area contributed by atoms with Crippen molar-refractivity contribution in [1.82, 2.24) is 0 Å². The summed E-state index contributed by atoms with van der Waals surface area (Å²) in [5, 5.41) is 0. The lowest BCUT2D eigenvalue weighted by Crippen LogP contribution is -2.23. The van der Waals surface area contributed by atoms with Gasteiger partial charge in [-0.3, -0.25) is 0 Å². The molecular weight excluding hydrogens is 284 g/mol. The van der Waals surface area contributed by atoms with Crippen molar-refractivity contribution in [2.24, 2.45) is 5.92 Å². The minimum Gasteiger partial charge on any atom is -0.146 e. The van der Waals surface area contributed by atoms with Gasteiger partial charge in [-0.25, -0.2) is 0 Å². The lowest BCUT2D eigenvalue weighted by atomic mass is 9.98. The Balaban J connectivity index is 1.89. The summed E-state index contributed by atoms with van der Waals surface area (Å²) in [6, 6.07) is 0. The van der Waals surface area contributed by atoms with Gasteiger partial charge in [-0.1, -0.05) is 19.8 Å². The van der Waals surface area contributed by atoms with Crippen LogP contribution in [0.15, 0.2) is 0 Å². The van der Waals surface area contributed by atoms with Crippen molar-refractivity contribution in [2.75, 3.05) is 23.0 Å². The molecule has 0 bridgehead atoms.